The Balaban J connectivity index is 1.40. The third kappa shape index (κ3) is 5.43. The Kier molecular flexibility index (Phi) is 7.26. The molecule has 1 saturated heterocycles. The van der Waals surface area contributed by atoms with E-state index in [-0.39, 0.29) is 29.6 Å². The molecule has 7 nitrogen and oxygen atoms in total. The van der Waals surface area contributed by atoms with Crippen LogP contribution in [-0.2, 0) is 26.0 Å². The number of fused-ring (bicyclic) bond motifs is 1. The number of piperidine rings is 1. The second-order valence-electron chi connectivity index (χ2n) is 9.41. The second-order valence-corrected chi connectivity index (χ2v) is 11.1. The molecule has 0 atom stereocenters. The van der Waals surface area contributed by atoms with Crippen molar-refractivity contribution >= 4 is 33.2 Å². The molecule has 34 heavy (non-hydrogen) atoms. The summed E-state index contributed by atoms with van der Waals surface area (Å²) in [6, 6.07) is 12.3. The molecule has 0 saturated carbocycles. The third-order valence-electron chi connectivity index (χ3n) is 6.65. The number of hydrogen-bond donors (Lipinski definition) is 1. The molecule has 2 heterocycles. The Morgan fingerprint density at radius 2 is 1.59 bits per heavy atom. The zero-order chi connectivity index (χ0) is 24.3. The number of carbonyl (C=O) groups excluding carboxylic acids is 2. The Bertz CT molecular complexity index is 1150. The number of anilines is 2. The Morgan fingerprint density at radius 3 is 2.26 bits per heavy atom. The summed E-state index contributed by atoms with van der Waals surface area (Å²) in [5, 5.41) is 0. The number of rotatable bonds is 7. The number of sulfonamides is 1. The SMILES string of the molecule is CC(C)c1ccc(NS(=O)(=O)c2ccc3c(c2)CCN3C(=O)CCC(=O)N2CCCCC2)cc1. The summed E-state index contributed by atoms with van der Waals surface area (Å²) in [4.78, 5) is 28.9. The maximum Gasteiger partial charge on any atom is 0.261 e. The van der Waals surface area contributed by atoms with E-state index in [2.05, 4.69) is 18.6 Å². The standard InChI is InChI=1S/C26H33N3O4S/c1-19(2)20-6-8-22(9-7-20)27-34(32,33)23-10-11-24-21(18-23)14-17-29(24)26(31)13-12-25(30)28-15-4-3-5-16-28/h6-11,18-19,27H,3-5,12-17H2,1-2H3. The Labute approximate surface area is 202 Å². The first kappa shape index (κ1) is 24.3. The summed E-state index contributed by atoms with van der Waals surface area (Å²) in [7, 11) is -3.74. The summed E-state index contributed by atoms with van der Waals surface area (Å²) < 4.78 is 28.5. The van der Waals surface area contributed by atoms with Gasteiger partial charge in [0.05, 0.1) is 4.90 Å². The normalized spacial score (nSPS) is 16.0. The molecular weight excluding hydrogens is 450 g/mol. The molecule has 0 unspecified atom stereocenters. The van der Waals surface area contributed by atoms with Gasteiger partial charge in [-0.1, -0.05) is 26.0 Å². The van der Waals surface area contributed by atoms with E-state index in [0.29, 0.717) is 24.6 Å². The number of amides is 2. The Morgan fingerprint density at radius 1 is 0.912 bits per heavy atom. The van der Waals surface area contributed by atoms with Crippen LogP contribution in [0.15, 0.2) is 47.4 Å². The molecule has 0 aromatic heterocycles. The van der Waals surface area contributed by atoms with Crippen molar-refractivity contribution in [3.63, 3.8) is 0 Å². The highest BCUT2D eigenvalue weighted by atomic mass is 32.2. The predicted molar refractivity (Wildman–Crippen MR) is 134 cm³/mol. The zero-order valence-electron chi connectivity index (χ0n) is 19.9. The van der Waals surface area contributed by atoms with Crippen LogP contribution in [0.1, 0.15) is 63.0 Å². The number of carbonyl (C=O) groups is 2. The molecule has 0 radical (unpaired) electrons. The summed E-state index contributed by atoms with van der Waals surface area (Å²) >= 11 is 0. The van der Waals surface area contributed by atoms with Gasteiger partial charge in [-0.15, -0.1) is 0 Å². The van der Waals surface area contributed by atoms with Crippen molar-refractivity contribution < 1.29 is 18.0 Å². The van der Waals surface area contributed by atoms with E-state index in [1.807, 2.05) is 17.0 Å². The van der Waals surface area contributed by atoms with Crippen LogP contribution in [0.5, 0.6) is 0 Å². The number of nitrogens with one attached hydrogen (secondary N) is 1. The van der Waals surface area contributed by atoms with Crippen LogP contribution in [-0.4, -0.2) is 44.8 Å². The van der Waals surface area contributed by atoms with Crippen LogP contribution < -0.4 is 9.62 Å². The largest absolute Gasteiger partial charge is 0.343 e. The van der Waals surface area contributed by atoms with Crippen LogP contribution in [0.3, 0.4) is 0 Å². The third-order valence-corrected chi connectivity index (χ3v) is 8.03. The van der Waals surface area contributed by atoms with E-state index in [9.17, 15) is 18.0 Å². The van der Waals surface area contributed by atoms with Gasteiger partial charge in [0.15, 0.2) is 0 Å². The lowest BCUT2D eigenvalue weighted by Crippen LogP contribution is -2.37. The van der Waals surface area contributed by atoms with Gasteiger partial charge in [0, 0.05) is 43.9 Å². The average Bonchev–Trinajstić information content (AvgIpc) is 3.26. The fraction of sp³-hybridized carbons (Fsp3) is 0.462. The van der Waals surface area contributed by atoms with Crippen molar-refractivity contribution in [1.29, 1.82) is 0 Å². The van der Waals surface area contributed by atoms with E-state index < -0.39 is 10.0 Å². The van der Waals surface area contributed by atoms with Crippen molar-refractivity contribution in [2.24, 2.45) is 0 Å². The van der Waals surface area contributed by atoms with E-state index in [0.717, 1.165) is 49.2 Å². The lowest BCUT2D eigenvalue weighted by molar-refractivity contribution is -0.133. The molecule has 0 spiro atoms. The van der Waals surface area contributed by atoms with Gasteiger partial charge in [0.25, 0.3) is 10.0 Å². The molecule has 2 aromatic carbocycles. The van der Waals surface area contributed by atoms with Crippen molar-refractivity contribution in [2.75, 3.05) is 29.3 Å². The van der Waals surface area contributed by atoms with Gasteiger partial charge in [0.1, 0.15) is 0 Å². The quantitative estimate of drug-likeness (QED) is 0.636. The van der Waals surface area contributed by atoms with Gasteiger partial charge >= 0.3 is 0 Å². The molecule has 4 rings (SSSR count). The number of nitrogens with zero attached hydrogens (tertiary/aromatic N) is 2. The molecule has 0 aliphatic carbocycles. The van der Waals surface area contributed by atoms with Crippen LogP contribution in [0.4, 0.5) is 11.4 Å². The second kappa shape index (κ2) is 10.2. The number of benzene rings is 2. The summed E-state index contributed by atoms with van der Waals surface area (Å²) in [6.45, 7) is 6.24. The lowest BCUT2D eigenvalue weighted by atomic mass is 10.0. The number of hydrogen-bond acceptors (Lipinski definition) is 4. The smallest absolute Gasteiger partial charge is 0.261 e. The average molecular weight is 484 g/mol. The molecule has 1 N–H and O–H groups in total. The Hall–Kier alpha value is -2.87. The molecule has 2 amide bonds. The minimum Gasteiger partial charge on any atom is -0.343 e. The highest BCUT2D eigenvalue weighted by Gasteiger charge is 2.27. The summed E-state index contributed by atoms with van der Waals surface area (Å²) in [5.41, 5.74) is 3.22. The molecule has 182 valence electrons. The molecule has 0 bridgehead atoms. The maximum atomic E-state index is 12.9. The summed E-state index contributed by atoms with van der Waals surface area (Å²) in [5.74, 6) is 0.320. The minimum absolute atomic E-state index is 0.0430. The van der Waals surface area contributed by atoms with Crippen LogP contribution >= 0.6 is 0 Å². The first-order valence-electron chi connectivity index (χ1n) is 12.1. The van der Waals surface area contributed by atoms with Gasteiger partial charge in [-0.05, 0) is 73.1 Å². The molecule has 2 aliphatic rings. The molecule has 1 fully saturated rings. The van der Waals surface area contributed by atoms with Gasteiger partial charge in [-0.3, -0.25) is 14.3 Å². The van der Waals surface area contributed by atoms with E-state index in [1.54, 1.807) is 29.2 Å². The lowest BCUT2D eigenvalue weighted by Gasteiger charge is -2.27. The van der Waals surface area contributed by atoms with Gasteiger partial charge in [-0.25, -0.2) is 8.42 Å². The van der Waals surface area contributed by atoms with Gasteiger partial charge in [0.2, 0.25) is 11.8 Å². The van der Waals surface area contributed by atoms with Crippen molar-refractivity contribution in [3.8, 4) is 0 Å². The van der Waals surface area contributed by atoms with Crippen LogP contribution in [0.2, 0.25) is 0 Å². The zero-order valence-corrected chi connectivity index (χ0v) is 20.7. The first-order valence-corrected chi connectivity index (χ1v) is 13.6. The molecule has 2 aliphatic heterocycles. The minimum atomic E-state index is -3.74. The van der Waals surface area contributed by atoms with E-state index in [4.69, 9.17) is 0 Å². The topological polar surface area (TPSA) is 86.8 Å². The van der Waals surface area contributed by atoms with E-state index >= 15 is 0 Å². The van der Waals surface area contributed by atoms with Crippen molar-refractivity contribution in [1.82, 2.24) is 4.90 Å². The monoisotopic (exact) mass is 483 g/mol. The fourth-order valence-electron chi connectivity index (χ4n) is 4.60. The highest BCUT2D eigenvalue weighted by molar-refractivity contribution is 7.92. The maximum absolute atomic E-state index is 12.9. The molecular formula is C26H33N3O4S. The van der Waals surface area contributed by atoms with E-state index in [1.165, 1.54) is 6.07 Å². The fourth-order valence-corrected chi connectivity index (χ4v) is 5.71. The number of likely N-dealkylation sites (tertiary alicyclic amines) is 1. The summed E-state index contributed by atoms with van der Waals surface area (Å²) in [6.07, 6.45) is 4.20. The molecule has 8 heteroatoms. The van der Waals surface area contributed by atoms with Crippen molar-refractivity contribution in [3.05, 3.63) is 53.6 Å². The highest BCUT2D eigenvalue weighted by Crippen LogP contribution is 2.31. The molecule has 2 aromatic rings. The van der Waals surface area contributed by atoms with Crippen molar-refractivity contribution in [2.45, 2.75) is 63.2 Å². The van der Waals surface area contributed by atoms with Crippen LogP contribution in [0.25, 0.3) is 0 Å². The van der Waals surface area contributed by atoms with Gasteiger partial charge < -0.3 is 9.80 Å². The van der Waals surface area contributed by atoms with Crippen LogP contribution in [0, 0.1) is 0 Å². The predicted octanol–water partition coefficient (Wildman–Crippen LogP) is 4.29. The first-order chi connectivity index (χ1) is 16.2. The van der Waals surface area contributed by atoms with Gasteiger partial charge in [-0.2, -0.15) is 0 Å².